The van der Waals surface area contributed by atoms with E-state index in [2.05, 4.69) is 32.4 Å². The molecule has 0 amide bonds. The number of aryl methyl sites for hydroxylation is 1. The quantitative estimate of drug-likeness (QED) is 0.824. The number of piperazine rings is 1. The number of rotatable bonds is 3. The van der Waals surface area contributed by atoms with Crippen molar-refractivity contribution in [1.29, 1.82) is 0 Å². The molecule has 0 atom stereocenters. The predicted molar refractivity (Wildman–Crippen MR) is 69.1 cm³/mol. The minimum absolute atomic E-state index is 0.494. The Morgan fingerprint density at radius 3 is 2.65 bits per heavy atom. The highest BCUT2D eigenvalue weighted by Gasteiger charge is 2.14. The van der Waals surface area contributed by atoms with Crippen LogP contribution in [0.5, 0.6) is 0 Å². The Labute approximate surface area is 107 Å². The van der Waals surface area contributed by atoms with Crippen LogP contribution in [0.4, 0.5) is 5.82 Å². The summed E-state index contributed by atoms with van der Waals surface area (Å²) < 4.78 is 0. The van der Waals surface area contributed by atoms with Gasteiger partial charge in [-0.05, 0) is 7.05 Å². The van der Waals surface area contributed by atoms with Gasteiger partial charge in [0.1, 0.15) is 16.8 Å². The second-order valence-electron chi connectivity index (χ2n) is 4.25. The SMILES string of the molecule is CCc1nc(Cl)cc(NN2CCN(C)CC2)n1. The molecule has 5 nitrogen and oxygen atoms in total. The van der Waals surface area contributed by atoms with Crippen molar-refractivity contribution in [1.82, 2.24) is 19.9 Å². The van der Waals surface area contributed by atoms with Crippen LogP contribution in [0.2, 0.25) is 5.15 Å². The fourth-order valence-corrected chi connectivity index (χ4v) is 1.96. The van der Waals surface area contributed by atoms with E-state index in [1.54, 1.807) is 6.07 Å². The molecule has 0 bridgehead atoms. The monoisotopic (exact) mass is 255 g/mol. The summed E-state index contributed by atoms with van der Waals surface area (Å²) >= 11 is 5.95. The van der Waals surface area contributed by atoms with Gasteiger partial charge in [0.25, 0.3) is 0 Å². The molecule has 1 aromatic heterocycles. The molecule has 0 aliphatic carbocycles. The van der Waals surface area contributed by atoms with Gasteiger partial charge in [0, 0.05) is 38.7 Å². The van der Waals surface area contributed by atoms with Crippen molar-refractivity contribution >= 4 is 17.4 Å². The summed E-state index contributed by atoms with van der Waals surface area (Å²) in [5, 5.41) is 2.66. The molecule has 1 N–H and O–H groups in total. The van der Waals surface area contributed by atoms with E-state index in [0.717, 1.165) is 44.2 Å². The molecule has 0 spiro atoms. The molecular formula is C11H18ClN5. The molecule has 1 saturated heterocycles. The van der Waals surface area contributed by atoms with Crippen molar-refractivity contribution in [2.45, 2.75) is 13.3 Å². The number of anilines is 1. The van der Waals surface area contributed by atoms with Crippen molar-refractivity contribution in [2.75, 3.05) is 38.7 Å². The zero-order valence-electron chi connectivity index (χ0n) is 10.3. The van der Waals surface area contributed by atoms with Crippen LogP contribution in [0.25, 0.3) is 0 Å². The predicted octanol–water partition coefficient (Wildman–Crippen LogP) is 1.27. The Balaban J connectivity index is 2.00. The molecule has 2 rings (SSSR count). The Morgan fingerprint density at radius 1 is 1.29 bits per heavy atom. The van der Waals surface area contributed by atoms with Gasteiger partial charge >= 0.3 is 0 Å². The second kappa shape index (κ2) is 5.62. The van der Waals surface area contributed by atoms with Crippen LogP contribution in [0.1, 0.15) is 12.7 Å². The summed E-state index contributed by atoms with van der Waals surface area (Å²) in [6.07, 6.45) is 0.790. The second-order valence-corrected chi connectivity index (χ2v) is 4.64. The number of nitrogens with one attached hydrogen (secondary N) is 1. The summed E-state index contributed by atoms with van der Waals surface area (Å²) in [4.78, 5) is 10.9. The minimum Gasteiger partial charge on any atom is -0.304 e. The molecule has 17 heavy (non-hydrogen) atoms. The van der Waals surface area contributed by atoms with E-state index < -0.39 is 0 Å². The average Bonchev–Trinajstić information content (AvgIpc) is 2.31. The van der Waals surface area contributed by atoms with Gasteiger partial charge in [-0.15, -0.1) is 0 Å². The van der Waals surface area contributed by atoms with Crippen molar-refractivity contribution in [3.05, 3.63) is 17.0 Å². The summed E-state index contributed by atoms with van der Waals surface area (Å²) in [6, 6.07) is 1.76. The lowest BCUT2D eigenvalue weighted by atomic mass is 10.4. The molecule has 1 aliphatic rings. The van der Waals surface area contributed by atoms with Gasteiger partial charge in [0.05, 0.1) is 0 Å². The molecule has 1 aliphatic heterocycles. The Morgan fingerprint density at radius 2 is 2.00 bits per heavy atom. The first-order valence-electron chi connectivity index (χ1n) is 5.91. The van der Waals surface area contributed by atoms with E-state index in [-0.39, 0.29) is 0 Å². The lowest BCUT2D eigenvalue weighted by Gasteiger charge is -2.32. The maximum absolute atomic E-state index is 5.95. The zero-order valence-corrected chi connectivity index (χ0v) is 11.0. The zero-order chi connectivity index (χ0) is 12.3. The first-order chi connectivity index (χ1) is 8.17. The molecule has 2 heterocycles. The van der Waals surface area contributed by atoms with Crippen LogP contribution in [0.15, 0.2) is 6.07 Å². The summed E-state index contributed by atoms with van der Waals surface area (Å²) in [6.45, 7) is 6.11. The topological polar surface area (TPSA) is 44.3 Å². The Kier molecular flexibility index (Phi) is 4.15. The molecule has 0 saturated carbocycles. The van der Waals surface area contributed by atoms with Crippen LogP contribution in [0, 0.1) is 0 Å². The third kappa shape index (κ3) is 3.52. The first kappa shape index (κ1) is 12.5. The van der Waals surface area contributed by atoms with E-state index in [1.807, 2.05) is 6.92 Å². The van der Waals surface area contributed by atoms with Crippen LogP contribution < -0.4 is 5.43 Å². The number of halogens is 1. The Bertz CT molecular complexity index is 376. The van der Waals surface area contributed by atoms with Gasteiger partial charge < -0.3 is 10.3 Å². The normalized spacial score (nSPS) is 18.3. The summed E-state index contributed by atoms with van der Waals surface area (Å²) in [7, 11) is 2.13. The van der Waals surface area contributed by atoms with Gasteiger partial charge in [0.15, 0.2) is 0 Å². The van der Waals surface area contributed by atoms with E-state index >= 15 is 0 Å². The fourth-order valence-electron chi connectivity index (χ4n) is 1.76. The molecule has 94 valence electrons. The lowest BCUT2D eigenvalue weighted by Crippen LogP contribution is -2.47. The third-order valence-electron chi connectivity index (χ3n) is 2.83. The lowest BCUT2D eigenvalue weighted by molar-refractivity contribution is 0.178. The third-order valence-corrected chi connectivity index (χ3v) is 3.03. The standard InChI is InChI=1S/C11H18ClN5/c1-3-10-13-9(12)8-11(14-10)15-17-6-4-16(2)5-7-17/h8H,3-7H2,1-2H3,(H,13,14,15). The highest BCUT2D eigenvalue weighted by atomic mass is 35.5. The fraction of sp³-hybridized carbons (Fsp3) is 0.636. The van der Waals surface area contributed by atoms with Gasteiger partial charge in [-0.2, -0.15) is 0 Å². The van der Waals surface area contributed by atoms with Crippen molar-refractivity contribution in [3.8, 4) is 0 Å². The summed E-state index contributed by atoms with van der Waals surface area (Å²) in [5.74, 6) is 1.56. The minimum atomic E-state index is 0.494. The number of nitrogens with zero attached hydrogens (tertiary/aromatic N) is 4. The molecule has 6 heteroatoms. The molecule has 0 unspecified atom stereocenters. The molecule has 0 radical (unpaired) electrons. The highest BCUT2D eigenvalue weighted by Crippen LogP contribution is 2.13. The number of hydrogen-bond acceptors (Lipinski definition) is 5. The van der Waals surface area contributed by atoms with Gasteiger partial charge in [-0.25, -0.2) is 15.0 Å². The average molecular weight is 256 g/mol. The number of hydrogen-bond donors (Lipinski definition) is 1. The van der Waals surface area contributed by atoms with Gasteiger partial charge in [0.2, 0.25) is 0 Å². The van der Waals surface area contributed by atoms with Gasteiger partial charge in [-0.3, -0.25) is 0 Å². The van der Waals surface area contributed by atoms with E-state index in [1.165, 1.54) is 0 Å². The van der Waals surface area contributed by atoms with E-state index in [9.17, 15) is 0 Å². The van der Waals surface area contributed by atoms with Crippen molar-refractivity contribution < 1.29 is 0 Å². The first-order valence-corrected chi connectivity index (χ1v) is 6.29. The largest absolute Gasteiger partial charge is 0.304 e. The number of hydrazine groups is 1. The Hall–Kier alpha value is -0.910. The molecule has 1 fully saturated rings. The van der Waals surface area contributed by atoms with Crippen LogP contribution in [-0.2, 0) is 6.42 Å². The smallest absolute Gasteiger partial charge is 0.145 e. The van der Waals surface area contributed by atoms with Gasteiger partial charge in [-0.1, -0.05) is 18.5 Å². The number of likely N-dealkylation sites (N-methyl/N-ethyl adjacent to an activating group) is 1. The molecular weight excluding hydrogens is 238 g/mol. The molecule has 1 aromatic rings. The van der Waals surface area contributed by atoms with Crippen molar-refractivity contribution in [3.63, 3.8) is 0 Å². The van der Waals surface area contributed by atoms with Crippen LogP contribution >= 0.6 is 11.6 Å². The van der Waals surface area contributed by atoms with Crippen LogP contribution in [-0.4, -0.2) is 53.1 Å². The number of aromatic nitrogens is 2. The highest BCUT2D eigenvalue weighted by molar-refractivity contribution is 6.29. The van der Waals surface area contributed by atoms with E-state index in [4.69, 9.17) is 11.6 Å². The maximum atomic E-state index is 5.95. The summed E-state index contributed by atoms with van der Waals surface area (Å²) in [5.41, 5.74) is 3.29. The van der Waals surface area contributed by atoms with E-state index in [0.29, 0.717) is 5.15 Å². The molecule has 0 aromatic carbocycles. The van der Waals surface area contributed by atoms with Crippen LogP contribution in [0.3, 0.4) is 0 Å². The van der Waals surface area contributed by atoms with Crippen molar-refractivity contribution in [2.24, 2.45) is 0 Å². The maximum Gasteiger partial charge on any atom is 0.145 e.